The van der Waals surface area contributed by atoms with Crippen LogP contribution in [0.3, 0.4) is 0 Å². The Balaban J connectivity index is 1.36. The average Bonchev–Trinajstić information content (AvgIpc) is 3.35. The van der Waals surface area contributed by atoms with Crippen molar-refractivity contribution in [1.29, 1.82) is 0 Å². The topological polar surface area (TPSA) is 101 Å². The Morgan fingerprint density at radius 2 is 1.89 bits per heavy atom. The third kappa shape index (κ3) is 6.40. The molecule has 0 amide bonds. The van der Waals surface area contributed by atoms with Gasteiger partial charge in [-0.15, -0.1) is 5.10 Å². The lowest BCUT2D eigenvalue weighted by Gasteiger charge is -2.29. The molecule has 0 radical (unpaired) electrons. The largest absolute Gasteiger partial charge is 0.497 e. The van der Waals surface area contributed by atoms with Crippen LogP contribution in [0.4, 0.5) is 0 Å². The minimum atomic E-state index is -0.0643. The molecule has 10 nitrogen and oxygen atoms in total. The maximum Gasteiger partial charge on any atom is 0.252 e. The Kier molecular flexibility index (Phi) is 7.88. The molecule has 4 aromatic rings. The van der Waals surface area contributed by atoms with Gasteiger partial charge in [-0.2, -0.15) is 0 Å². The number of fused-ring (bicyclic) bond motifs is 1. The number of aryl methyl sites for hydroxylation is 1. The Hall–Kier alpha value is -3.60. The zero-order valence-corrected chi connectivity index (χ0v) is 21.4. The van der Waals surface area contributed by atoms with Crippen LogP contribution in [-0.2, 0) is 24.4 Å². The summed E-state index contributed by atoms with van der Waals surface area (Å²) >= 11 is 0. The number of hydrogen-bond donors (Lipinski definition) is 1. The number of morpholine rings is 1. The molecule has 1 aliphatic heterocycles. The number of H-pyrrole nitrogens is 1. The number of methoxy groups -OCH3 is 1. The predicted molar refractivity (Wildman–Crippen MR) is 141 cm³/mol. The zero-order valence-electron chi connectivity index (χ0n) is 21.4. The van der Waals surface area contributed by atoms with E-state index in [0.717, 1.165) is 78.6 Å². The van der Waals surface area contributed by atoms with Gasteiger partial charge in [-0.05, 0) is 58.6 Å². The fraction of sp³-hybridized carbons (Fsp3) is 0.407. The number of benzene rings is 2. The molecule has 0 bridgehead atoms. The van der Waals surface area contributed by atoms with Crippen molar-refractivity contribution in [2.45, 2.75) is 26.6 Å². The van der Waals surface area contributed by atoms with Crippen LogP contribution >= 0.6 is 0 Å². The summed E-state index contributed by atoms with van der Waals surface area (Å²) in [5.41, 5.74) is 3.75. The molecule has 0 aliphatic carbocycles. The number of nitrogens with one attached hydrogen (secondary N) is 1. The molecule has 2 aromatic heterocycles. The second-order valence-corrected chi connectivity index (χ2v) is 9.48. The van der Waals surface area contributed by atoms with Crippen LogP contribution in [-0.4, -0.2) is 81.5 Å². The van der Waals surface area contributed by atoms with E-state index in [1.54, 1.807) is 7.11 Å². The molecule has 3 heterocycles. The number of tetrazole rings is 1. The number of aromatic amines is 1. The molecule has 5 rings (SSSR count). The molecule has 1 N–H and O–H groups in total. The number of ether oxygens (including phenoxy) is 2. The van der Waals surface area contributed by atoms with Gasteiger partial charge in [0, 0.05) is 43.8 Å². The summed E-state index contributed by atoms with van der Waals surface area (Å²) in [6.07, 6.45) is 0. The minimum Gasteiger partial charge on any atom is -0.497 e. The van der Waals surface area contributed by atoms with Crippen LogP contribution in [0.2, 0.25) is 0 Å². The van der Waals surface area contributed by atoms with Crippen LogP contribution in [0.25, 0.3) is 10.9 Å². The molecular formula is C27H33N7O3. The molecular weight excluding hydrogens is 470 g/mol. The first-order chi connectivity index (χ1) is 18.1. The highest BCUT2D eigenvalue weighted by Crippen LogP contribution is 2.16. The van der Waals surface area contributed by atoms with E-state index in [-0.39, 0.29) is 5.56 Å². The first kappa shape index (κ1) is 25.1. The fourth-order valence-electron chi connectivity index (χ4n) is 4.61. The van der Waals surface area contributed by atoms with Crippen LogP contribution in [0, 0.1) is 6.92 Å². The van der Waals surface area contributed by atoms with Crippen molar-refractivity contribution in [3.63, 3.8) is 0 Å². The molecule has 10 heteroatoms. The summed E-state index contributed by atoms with van der Waals surface area (Å²) in [5, 5.41) is 13.5. The van der Waals surface area contributed by atoms with Crippen molar-refractivity contribution in [1.82, 2.24) is 35.0 Å². The summed E-state index contributed by atoms with van der Waals surface area (Å²) in [6.45, 7) is 8.64. The molecule has 0 unspecified atom stereocenters. The van der Waals surface area contributed by atoms with Crippen molar-refractivity contribution < 1.29 is 9.47 Å². The van der Waals surface area contributed by atoms with Crippen LogP contribution in [0.1, 0.15) is 22.5 Å². The molecule has 37 heavy (non-hydrogen) atoms. The Morgan fingerprint density at radius 1 is 1.08 bits per heavy atom. The standard InChI is InChI=1S/C27H33N7O3/c1-20-3-8-25-22(15-20)16-23(27(35)28-25)18-33(10-9-32-11-13-37-14-12-32)19-26-29-30-31-34(26)17-21-4-6-24(36-2)7-5-21/h3-8,15-16H,9-14,17-19H2,1-2H3,(H,28,35). The number of hydrogen-bond acceptors (Lipinski definition) is 8. The van der Waals surface area contributed by atoms with Crippen molar-refractivity contribution in [3.05, 3.63) is 81.4 Å². The molecule has 2 aromatic carbocycles. The van der Waals surface area contributed by atoms with Crippen molar-refractivity contribution in [2.75, 3.05) is 46.5 Å². The predicted octanol–water partition coefficient (Wildman–Crippen LogP) is 2.21. The number of aromatic nitrogens is 5. The van der Waals surface area contributed by atoms with Crippen molar-refractivity contribution in [2.24, 2.45) is 0 Å². The highest BCUT2D eigenvalue weighted by Gasteiger charge is 2.18. The van der Waals surface area contributed by atoms with Gasteiger partial charge in [0.05, 0.1) is 33.4 Å². The smallest absolute Gasteiger partial charge is 0.252 e. The lowest BCUT2D eigenvalue weighted by atomic mass is 10.1. The van der Waals surface area contributed by atoms with Gasteiger partial charge < -0.3 is 14.5 Å². The lowest BCUT2D eigenvalue weighted by Crippen LogP contribution is -2.41. The second-order valence-electron chi connectivity index (χ2n) is 9.48. The quantitative estimate of drug-likeness (QED) is 0.352. The van der Waals surface area contributed by atoms with E-state index in [1.165, 1.54) is 0 Å². The van der Waals surface area contributed by atoms with E-state index in [0.29, 0.717) is 19.6 Å². The first-order valence-electron chi connectivity index (χ1n) is 12.6. The van der Waals surface area contributed by atoms with Crippen LogP contribution in [0.5, 0.6) is 5.75 Å². The lowest BCUT2D eigenvalue weighted by molar-refractivity contribution is 0.0322. The zero-order chi connectivity index (χ0) is 25.6. The average molecular weight is 504 g/mol. The summed E-state index contributed by atoms with van der Waals surface area (Å²) in [7, 11) is 1.65. The van der Waals surface area contributed by atoms with Crippen LogP contribution in [0.15, 0.2) is 53.3 Å². The second kappa shape index (κ2) is 11.6. The third-order valence-electron chi connectivity index (χ3n) is 6.77. The monoisotopic (exact) mass is 503 g/mol. The summed E-state index contributed by atoms with van der Waals surface area (Å²) in [4.78, 5) is 20.6. The SMILES string of the molecule is COc1ccc(Cn2nnnc2CN(CCN2CCOCC2)Cc2cc3cc(C)ccc3[nH]c2=O)cc1. The normalized spacial score (nSPS) is 14.5. The van der Waals surface area contributed by atoms with Gasteiger partial charge in [0.2, 0.25) is 0 Å². The summed E-state index contributed by atoms with van der Waals surface area (Å²) in [6, 6.07) is 16.0. The minimum absolute atomic E-state index is 0.0643. The van der Waals surface area contributed by atoms with Gasteiger partial charge in [0.15, 0.2) is 5.82 Å². The van der Waals surface area contributed by atoms with Crippen LogP contribution < -0.4 is 10.3 Å². The molecule has 1 fully saturated rings. The van der Waals surface area contributed by atoms with Crippen molar-refractivity contribution >= 4 is 10.9 Å². The first-order valence-corrected chi connectivity index (χ1v) is 12.6. The maximum atomic E-state index is 13.0. The van der Waals surface area contributed by atoms with E-state index >= 15 is 0 Å². The Morgan fingerprint density at radius 3 is 2.68 bits per heavy atom. The van der Waals surface area contributed by atoms with Gasteiger partial charge in [-0.1, -0.05) is 23.8 Å². The number of rotatable bonds is 10. The van der Waals surface area contributed by atoms with E-state index in [4.69, 9.17) is 9.47 Å². The fourth-order valence-corrected chi connectivity index (χ4v) is 4.61. The Labute approximate surface area is 215 Å². The molecule has 0 saturated carbocycles. The van der Waals surface area contributed by atoms with Crippen molar-refractivity contribution in [3.8, 4) is 5.75 Å². The summed E-state index contributed by atoms with van der Waals surface area (Å²) < 4.78 is 12.6. The molecule has 0 spiro atoms. The highest BCUT2D eigenvalue weighted by atomic mass is 16.5. The number of nitrogens with zero attached hydrogens (tertiary/aromatic N) is 6. The van der Waals surface area contributed by atoms with Gasteiger partial charge in [0.25, 0.3) is 5.56 Å². The van der Waals surface area contributed by atoms with E-state index in [2.05, 4.69) is 43.3 Å². The van der Waals surface area contributed by atoms with Gasteiger partial charge in [-0.3, -0.25) is 14.6 Å². The highest BCUT2D eigenvalue weighted by molar-refractivity contribution is 5.79. The molecule has 0 atom stereocenters. The summed E-state index contributed by atoms with van der Waals surface area (Å²) in [5.74, 6) is 1.57. The van der Waals surface area contributed by atoms with Gasteiger partial charge >= 0.3 is 0 Å². The maximum absolute atomic E-state index is 13.0. The van der Waals surface area contributed by atoms with Gasteiger partial charge in [-0.25, -0.2) is 4.68 Å². The number of pyridine rings is 1. The van der Waals surface area contributed by atoms with E-state index < -0.39 is 0 Å². The molecule has 1 saturated heterocycles. The molecule has 194 valence electrons. The van der Waals surface area contributed by atoms with Gasteiger partial charge in [0.1, 0.15) is 5.75 Å². The Bertz CT molecular complexity index is 1380. The third-order valence-corrected chi connectivity index (χ3v) is 6.77. The van der Waals surface area contributed by atoms with E-state index in [1.807, 2.05) is 47.1 Å². The molecule has 1 aliphatic rings. The van der Waals surface area contributed by atoms with E-state index in [9.17, 15) is 4.79 Å².